The molecule has 4 aliphatic rings. The van der Waals surface area contributed by atoms with E-state index in [0.717, 1.165) is 11.8 Å². The summed E-state index contributed by atoms with van der Waals surface area (Å²) in [5.74, 6) is 3.34. The maximum atomic E-state index is 10.0. The van der Waals surface area contributed by atoms with Crippen LogP contribution in [0.5, 0.6) is 0 Å². The maximum absolute atomic E-state index is 10.0. The van der Waals surface area contributed by atoms with Crippen molar-refractivity contribution in [1.82, 2.24) is 0 Å². The number of fused-ring (bicyclic) bond motifs is 1. The standard InChI is InChI=1S/C11H18O/c12-11-9-2-1-7-3-8(5-9)6-10(11)4-7/h7-12H,1-6H2/t7?,8-,9+,10-,11-/m1/s1. The Balaban J connectivity index is 1.92. The van der Waals surface area contributed by atoms with Gasteiger partial charge in [-0.25, -0.2) is 0 Å². The van der Waals surface area contributed by atoms with Crippen LogP contribution in [-0.2, 0) is 0 Å². The monoisotopic (exact) mass is 166 g/mol. The van der Waals surface area contributed by atoms with Gasteiger partial charge in [0.1, 0.15) is 0 Å². The van der Waals surface area contributed by atoms with Gasteiger partial charge in [-0.1, -0.05) is 6.42 Å². The van der Waals surface area contributed by atoms with Gasteiger partial charge in [0.25, 0.3) is 0 Å². The van der Waals surface area contributed by atoms with Crippen molar-refractivity contribution in [3.8, 4) is 0 Å². The van der Waals surface area contributed by atoms with E-state index in [-0.39, 0.29) is 6.10 Å². The SMILES string of the molecule is O[C@H]1[C@@H]2CC3CC[C@H]1C[C@@H](C3)C2. The maximum Gasteiger partial charge on any atom is 0.0596 e. The Hall–Kier alpha value is -0.0400. The summed E-state index contributed by atoms with van der Waals surface area (Å²) in [6, 6.07) is 0. The Labute approximate surface area is 74.2 Å². The van der Waals surface area contributed by atoms with Crippen LogP contribution in [0.4, 0.5) is 0 Å². The van der Waals surface area contributed by atoms with Gasteiger partial charge in [0.2, 0.25) is 0 Å². The molecule has 0 aromatic rings. The minimum Gasteiger partial charge on any atom is -0.393 e. The smallest absolute Gasteiger partial charge is 0.0596 e. The highest BCUT2D eigenvalue weighted by atomic mass is 16.3. The fraction of sp³-hybridized carbons (Fsp3) is 1.00. The van der Waals surface area contributed by atoms with Crippen LogP contribution in [0.2, 0.25) is 0 Å². The molecule has 4 fully saturated rings. The third kappa shape index (κ3) is 0.953. The minimum atomic E-state index is 0.0755. The van der Waals surface area contributed by atoms with E-state index in [1.165, 1.54) is 38.5 Å². The number of aliphatic hydroxyl groups is 1. The van der Waals surface area contributed by atoms with E-state index in [0.29, 0.717) is 11.8 Å². The number of rotatable bonds is 0. The third-order valence-corrected chi connectivity index (χ3v) is 4.49. The molecule has 0 aromatic heterocycles. The molecule has 1 heteroatoms. The van der Waals surface area contributed by atoms with Gasteiger partial charge in [-0.2, -0.15) is 0 Å². The van der Waals surface area contributed by atoms with Crippen molar-refractivity contribution in [2.45, 2.75) is 44.6 Å². The molecule has 4 rings (SSSR count). The van der Waals surface area contributed by atoms with Crippen molar-refractivity contribution in [3.63, 3.8) is 0 Å². The molecular weight excluding hydrogens is 148 g/mol. The van der Waals surface area contributed by atoms with Crippen molar-refractivity contribution in [3.05, 3.63) is 0 Å². The summed E-state index contributed by atoms with van der Waals surface area (Å²) in [6.45, 7) is 0. The summed E-state index contributed by atoms with van der Waals surface area (Å²) < 4.78 is 0. The zero-order valence-corrected chi connectivity index (χ0v) is 7.58. The van der Waals surface area contributed by atoms with Gasteiger partial charge in [-0.3, -0.25) is 0 Å². The predicted octanol–water partition coefficient (Wildman–Crippen LogP) is 2.19. The van der Waals surface area contributed by atoms with Gasteiger partial charge >= 0.3 is 0 Å². The van der Waals surface area contributed by atoms with E-state index in [4.69, 9.17) is 0 Å². The Morgan fingerprint density at radius 2 is 1.50 bits per heavy atom. The van der Waals surface area contributed by atoms with Crippen LogP contribution in [0.1, 0.15) is 38.5 Å². The van der Waals surface area contributed by atoms with Gasteiger partial charge in [0.05, 0.1) is 6.10 Å². The molecule has 1 N–H and O–H groups in total. The lowest BCUT2D eigenvalue weighted by Crippen LogP contribution is -2.38. The van der Waals surface area contributed by atoms with Crippen LogP contribution in [0.15, 0.2) is 0 Å². The highest BCUT2D eigenvalue weighted by Crippen LogP contribution is 2.51. The normalized spacial score (nSPS) is 57.2. The fourth-order valence-electron chi connectivity index (χ4n) is 4.01. The molecule has 0 amide bonds. The zero-order valence-electron chi connectivity index (χ0n) is 7.58. The molecule has 0 aromatic carbocycles. The molecule has 4 saturated carbocycles. The molecule has 68 valence electrons. The summed E-state index contributed by atoms with van der Waals surface area (Å²) in [7, 11) is 0. The zero-order chi connectivity index (χ0) is 8.13. The van der Waals surface area contributed by atoms with Gasteiger partial charge in [0.15, 0.2) is 0 Å². The molecule has 4 aliphatic carbocycles. The highest BCUT2D eigenvalue weighted by Gasteiger charge is 2.44. The van der Waals surface area contributed by atoms with Gasteiger partial charge < -0.3 is 5.11 Å². The van der Waals surface area contributed by atoms with E-state index in [1.54, 1.807) is 0 Å². The Morgan fingerprint density at radius 3 is 2.42 bits per heavy atom. The lowest BCUT2D eigenvalue weighted by Gasteiger charge is -2.41. The average Bonchev–Trinajstić information content (AvgIpc) is 2.27. The third-order valence-electron chi connectivity index (χ3n) is 4.49. The molecule has 0 radical (unpaired) electrons. The van der Waals surface area contributed by atoms with E-state index < -0.39 is 0 Å². The lowest BCUT2D eigenvalue weighted by molar-refractivity contribution is -0.0204. The van der Waals surface area contributed by atoms with Crippen LogP contribution in [0.3, 0.4) is 0 Å². The largest absolute Gasteiger partial charge is 0.393 e. The number of hydrogen-bond donors (Lipinski definition) is 1. The molecule has 0 aliphatic heterocycles. The summed E-state index contributed by atoms with van der Waals surface area (Å²) in [5, 5.41) is 10.0. The van der Waals surface area contributed by atoms with Crippen LogP contribution in [0.25, 0.3) is 0 Å². The Morgan fingerprint density at radius 1 is 0.750 bits per heavy atom. The molecule has 1 nitrogen and oxygen atoms in total. The van der Waals surface area contributed by atoms with Crippen molar-refractivity contribution in [1.29, 1.82) is 0 Å². The lowest BCUT2D eigenvalue weighted by atomic mass is 9.66. The second kappa shape index (κ2) is 2.47. The molecule has 0 heterocycles. The van der Waals surface area contributed by atoms with Gasteiger partial charge in [0, 0.05) is 0 Å². The molecule has 4 bridgehead atoms. The molecule has 0 saturated heterocycles. The van der Waals surface area contributed by atoms with Crippen molar-refractivity contribution in [2.75, 3.05) is 0 Å². The highest BCUT2D eigenvalue weighted by molar-refractivity contribution is 4.95. The summed E-state index contributed by atoms with van der Waals surface area (Å²) >= 11 is 0. The van der Waals surface area contributed by atoms with E-state index in [2.05, 4.69) is 0 Å². The van der Waals surface area contributed by atoms with Crippen LogP contribution >= 0.6 is 0 Å². The average molecular weight is 166 g/mol. The molecule has 5 atom stereocenters. The van der Waals surface area contributed by atoms with Gasteiger partial charge in [-0.15, -0.1) is 0 Å². The van der Waals surface area contributed by atoms with Crippen LogP contribution in [0, 0.1) is 23.7 Å². The topological polar surface area (TPSA) is 20.2 Å². The molecule has 12 heavy (non-hydrogen) atoms. The van der Waals surface area contributed by atoms with Crippen molar-refractivity contribution < 1.29 is 5.11 Å². The predicted molar refractivity (Wildman–Crippen MR) is 47.7 cm³/mol. The summed E-state index contributed by atoms with van der Waals surface area (Å²) in [6.07, 6.45) is 8.32. The van der Waals surface area contributed by atoms with Crippen LogP contribution < -0.4 is 0 Å². The van der Waals surface area contributed by atoms with E-state index >= 15 is 0 Å². The van der Waals surface area contributed by atoms with Crippen LogP contribution in [-0.4, -0.2) is 11.2 Å². The van der Waals surface area contributed by atoms with Crippen molar-refractivity contribution in [2.24, 2.45) is 23.7 Å². The molecule has 1 unspecified atom stereocenters. The first-order chi connectivity index (χ1) is 5.83. The van der Waals surface area contributed by atoms with Crippen molar-refractivity contribution >= 4 is 0 Å². The Bertz CT molecular complexity index is 181. The second-order valence-electron chi connectivity index (χ2n) is 5.26. The van der Waals surface area contributed by atoms with Gasteiger partial charge in [-0.05, 0) is 55.8 Å². The van der Waals surface area contributed by atoms with E-state index in [1.807, 2.05) is 0 Å². The second-order valence-corrected chi connectivity index (χ2v) is 5.26. The first-order valence-electron chi connectivity index (χ1n) is 5.51. The number of aliphatic hydroxyl groups excluding tert-OH is 1. The summed E-state index contributed by atoms with van der Waals surface area (Å²) in [5.41, 5.74) is 0. The first kappa shape index (κ1) is 7.37. The first-order valence-corrected chi connectivity index (χ1v) is 5.51. The quantitative estimate of drug-likeness (QED) is 0.585. The fourth-order valence-corrected chi connectivity index (χ4v) is 4.01. The summed E-state index contributed by atoms with van der Waals surface area (Å²) in [4.78, 5) is 0. The molecular formula is C11H18O. The van der Waals surface area contributed by atoms with E-state index in [9.17, 15) is 5.11 Å². The number of hydrogen-bond acceptors (Lipinski definition) is 1. The Kier molecular flexibility index (Phi) is 1.52. The minimum absolute atomic E-state index is 0.0755. The molecule has 0 spiro atoms.